The normalized spacial score (nSPS) is 18.8. The van der Waals surface area contributed by atoms with Gasteiger partial charge in [-0.1, -0.05) is 33.2 Å². The van der Waals surface area contributed by atoms with Gasteiger partial charge in [0.15, 0.2) is 0 Å². The summed E-state index contributed by atoms with van der Waals surface area (Å²) in [5.74, 6) is 1.26. The fraction of sp³-hybridized carbons (Fsp3) is 0.500. The molecule has 1 unspecified atom stereocenters. The second kappa shape index (κ2) is 7.35. The Morgan fingerprint density at radius 1 is 1.36 bits per heavy atom. The Kier molecular flexibility index (Phi) is 5.23. The largest absolute Gasteiger partial charge is 0.377 e. The molecule has 118 valence electrons. The molecule has 1 fully saturated rings. The second-order valence-electron chi connectivity index (χ2n) is 5.71. The lowest BCUT2D eigenvalue weighted by atomic mass is 10.1. The molecule has 1 aliphatic heterocycles. The number of hydrogen-bond acceptors (Lipinski definition) is 5. The molecule has 22 heavy (non-hydrogen) atoms. The predicted molar refractivity (Wildman–Crippen MR) is 87.4 cm³/mol. The van der Waals surface area contributed by atoms with E-state index in [9.17, 15) is 0 Å². The molecule has 0 N–H and O–H groups in total. The van der Waals surface area contributed by atoms with Crippen LogP contribution in [0.25, 0.3) is 11.4 Å². The maximum atomic E-state index is 5.76. The van der Waals surface area contributed by atoms with Gasteiger partial charge in [-0.3, -0.25) is 4.90 Å². The van der Waals surface area contributed by atoms with Crippen molar-refractivity contribution in [1.82, 2.24) is 15.0 Å². The highest BCUT2D eigenvalue weighted by molar-refractivity contribution is 9.10. The lowest BCUT2D eigenvalue weighted by molar-refractivity contribution is -0.00382. The topological polar surface area (TPSA) is 51.4 Å². The summed E-state index contributed by atoms with van der Waals surface area (Å²) in [6.07, 6.45) is 3.90. The zero-order valence-corrected chi connectivity index (χ0v) is 14.3. The molecule has 3 rings (SSSR count). The van der Waals surface area contributed by atoms with Crippen molar-refractivity contribution in [2.24, 2.45) is 0 Å². The monoisotopic (exact) mass is 365 g/mol. The first-order chi connectivity index (χ1) is 10.7. The van der Waals surface area contributed by atoms with Crippen molar-refractivity contribution in [3.05, 3.63) is 34.6 Å². The van der Waals surface area contributed by atoms with Gasteiger partial charge >= 0.3 is 0 Å². The van der Waals surface area contributed by atoms with E-state index in [0.29, 0.717) is 24.4 Å². The molecule has 0 radical (unpaired) electrons. The van der Waals surface area contributed by atoms with Crippen LogP contribution < -0.4 is 0 Å². The second-order valence-corrected chi connectivity index (χ2v) is 6.62. The molecule has 0 bridgehead atoms. The molecule has 0 amide bonds. The van der Waals surface area contributed by atoms with Crippen molar-refractivity contribution in [1.29, 1.82) is 0 Å². The lowest BCUT2D eigenvalue weighted by Gasteiger charge is -2.26. The standard InChI is InChI=1S/C16H20BrN3O2/c1-20(10-14-7-2-3-8-21-14)11-15-18-16(19-22-15)12-5-4-6-13(17)9-12/h4-6,9,14H,2-3,7-8,10-11H2,1H3. The van der Waals surface area contributed by atoms with E-state index in [4.69, 9.17) is 9.26 Å². The maximum absolute atomic E-state index is 5.76. The fourth-order valence-corrected chi connectivity index (χ4v) is 3.06. The van der Waals surface area contributed by atoms with Gasteiger partial charge < -0.3 is 9.26 Å². The lowest BCUT2D eigenvalue weighted by Crippen LogP contribution is -2.33. The molecule has 6 heteroatoms. The van der Waals surface area contributed by atoms with Crippen molar-refractivity contribution >= 4 is 15.9 Å². The number of ether oxygens (including phenoxy) is 1. The number of aromatic nitrogens is 2. The zero-order valence-electron chi connectivity index (χ0n) is 12.7. The minimum absolute atomic E-state index is 0.325. The minimum Gasteiger partial charge on any atom is -0.377 e. The first kappa shape index (κ1) is 15.6. The molecule has 2 aromatic rings. The highest BCUT2D eigenvalue weighted by Gasteiger charge is 2.17. The quantitative estimate of drug-likeness (QED) is 0.811. The maximum Gasteiger partial charge on any atom is 0.241 e. The van der Waals surface area contributed by atoms with Crippen molar-refractivity contribution in [2.45, 2.75) is 31.9 Å². The van der Waals surface area contributed by atoms with E-state index in [2.05, 4.69) is 38.0 Å². The average molecular weight is 366 g/mol. The van der Waals surface area contributed by atoms with E-state index < -0.39 is 0 Å². The zero-order chi connectivity index (χ0) is 15.4. The molecule has 2 heterocycles. The van der Waals surface area contributed by atoms with Crippen LogP contribution in [0.15, 0.2) is 33.3 Å². The average Bonchev–Trinajstić information content (AvgIpc) is 2.96. The Hall–Kier alpha value is -1.24. The van der Waals surface area contributed by atoms with E-state index in [0.717, 1.165) is 29.6 Å². The molecule has 1 atom stereocenters. The summed E-state index contributed by atoms with van der Waals surface area (Å²) in [4.78, 5) is 6.65. The first-order valence-electron chi connectivity index (χ1n) is 7.59. The summed E-state index contributed by atoms with van der Waals surface area (Å²) >= 11 is 3.45. The van der Waals surface area contributed by atoms with Crippen LogP contribution in [0.1, 0.15) is 25.2 Å². The van der Waals surface area contributed by atoms with Crippen LogP contribution in [0.3, 0.4) is 0 Å². The fourth-order valence-electron chi connectivity index (χ4n) is 2.66. The van der Waals surface area contributed by atoms with Crippen LogP contribution in [-0.4, -0.2) is 41.3 Å². The Bertz CT molecular complexity index is 611. The van der Waals surface area contributed by atoms with Gasteiger partial charge in [-0.05, 0) is 38.4 Å². The van der Waals surface area contributed by atoms with Crippen LogP contribution >= 0.6 is 15.9 Å². The predicted octanol–water partition coefficient (Wildman–Crippen LogP) is 3.50. The number of hydrogen-bond donors (Lipinski definition) is 0. The Balaban J connectivity index is 1.59. The van der Waals surface area contributed by atoms with Crippen LogP contribution in [0.2, 0.25) is 0 Å². The van der Waals surface area contributed by atoms with Gasteiger partial charge in [0.25, 0.3) is 0 Å². The van der Waals surface area contributed by atoms with Crippen molar-refractivity contribution in [2.75, 3.05) is 20.2 Å². The Morgan fingerprint density at radius 3 is 3.05 bits per heavy atom. The summed E-state index contributed by atoms with van der Waals surface area (Å²) in [6, 6.07) is 7.89. The van der Waals surface area contributed by atoms with Crippen LogP contribution in [-0.2, 0) is 11.3 Å². The third-order valence-electron chi connectivity index (χ3n) is 3.75. The molecule has 0 spiro atoms. The molecular formula is C16H20BrN3O2. The molecule has 1 aliphatic rings. The van der Waals surface area contributed by atoms with Gasteiger partial charge in [0, 0.05) is 23.2 Å². The van der Waals surface area contributed by atoms with E-state index in [-0.39, 0.29) is 0 Å². The molecular weight excluding hydrogens is 346 g/mol. The summed E-state index contributed by atoms with van der Waals surface area (Å²) in [5.41, 5.74) is 0.947. The van der Waals surface area contributed by atoms with Crippen molar-refractivity contribution in [3.63, 3.8) is 0 Å². The number of rotatable bonds is 5. The highest BCUT2D eigenvalue weighted by Crippen LogP contribution is 2.21. The number of benzene rings is 1. The van der Waals surface area contributed by atoms with Gasteiger partial charge in [-0.2, -0.15) is 4.98 Å². The SMILES string of the molecule is CN(Cc1nc(-c2cccc(Br)c2)no1)CC1CCCCO1. The Labute approximate surface area is 138 Å². The third-order valence-corrected chi connectivity index (χ3v) is 4.24. The Morgan fingerprint density at radius 2 is 2.27 bits per heavy atom. The van der Waals surface area contributed by atoms with E-state index >= 15 is 0 Å². The first-order valence-corrected chi connectivity index (χ1v) is 8.38. The van der Waals surface area contributed by atoms with E-state index in [1.165, 1.54) is 12.8 Å². The number of halogens is 1. The van der Waals surface area contributed by atoms with Crippen LogP contribution in [0.4, 0.5) is 0 Å². The molecule has 5 nitrogen and oxygen atoms in total. The highest BCUT2D eigenvalue weighted by atomic mass is 79.9. The van der Waals surface area contributed by atoms with Gasteiger partial charge in [0.05, 0.1) is 12.6 Å². The van der Waals surface area contributed by atoms with Crippen LogP contribution in [0, 0.1) is 0 Å². The molecule has 0 saturated carbocycles. The summed E-state index contributed by atoms with van der Waals surface area (Å²) in [5, 5.41) is 4.06. The third kappa shape index (κ3) is 4.15. The van der Waals surface area contributed by atoms with E-state index in [1.807, 2.05) is 24.3 Å². The van der Waals surface area contributed by atoms with Gasteiger partial charge in [-0.25, -0.2) is 0 Å². The minimum atomic E-state index is 0.325. The molecule has 1 aromatic carbocycles. The van der Waals surface area contributed by atoms with Crippen LogP contribution in [0.5, 0.6) is 0 Å². The van der Waals surface area contributed by atoms with Gasteiger partial charge in [-0.15, -0.1) is 0 Å². The van der Waals surface area contributed by atoms with E-state index in [1.54, 1.807) is 0 Å². The smallest absolute Gasteiger partial charge is 0.241 e. The molecule has 1 aromatic heterocycles. The van der Waals surface area contributed by atoms with Gasteiger partial charge in [0.2, 0.25) is 11.7 Å². The number of likely N-dealkylation sites (N-methyl/N-ethyl adjacent to an activating group) is 1. The summed E-state index contributed by atoms with van der Waals surface area (Å²) in [7, 11) is 2.06. The molecule has 1 saturated heterocycles. The van der Waals surface area contributed by atoms with Crippen molar-refractivity contribution in [3.8, 4) is 11.4 Å². The van der Waals surface area contributed by atoms with Gasteiger partial charge in [0.1, 0.15) is 0 Å². The summed E-state index contributed by atoms with van der Waals surface area (Å²) < 4.78 is 12.1. The van der Waals surface area contributed by atoms with Crippen molar-refractivity contribution < 1.29 is 9.26 Å². The molecule has 0 aliphatic carbocycles. The number of nitrogens with zero attached hydrogens (tertiary/aromatic N) is 3. The summed E-state index contributed by atoms with van der Waals surface area (Å²) in [6.45, 7) is 2.42.